The molecule has 0 fully saturated rings. The molecule has 2 rings (SSSR count). The van der Waals surface area contributed by atoms with Gasteiger partial charge in [-0.15, -0.1) is 0 Å². The molecule has 4 nitrogen and oxygen atoms in total. The van der Waals surface area contributed by atoms with Gasteiger partial charge in [0.2, 0.25) is 5.91 Å². The molecule has 0 aromatic heterocycles. The Kier molecular flexibility index (Phi) is 6.62. The lowest BCUT2D eigenvalue weighted by molar-refractivity contribution is -0.123. The second-order valence-electron chi connectivity index (χ2n) is 5.57. The highest BCUT2D eigenvalue weighted by molar-refractivity contribution is 14.1. The number of carbonyl (C=O) groups excluding carboxylic acids is 1. The van der Waals surface area contributed by atoms with Gasteiger partial charge in [0.25, 0.3) is 0 Å². The van der Waals surface area contributed by atoms with Crippen molar-refractivity contribution in [2.75, 3.05) is 5.06 Å². The van der Waals surface area contributed by atoms with E-state index in [1.807, 2.05) is 25.1 Å². The van der Waals surface area contributed by atoms with Crippen LogP contribution in [0.25, 0.3) is 0 Å². The molecule has 0 aliphatic rings. The molecule has 0 saturated carbocycles. The molecular weight excluding hydrogens is 417 g/mol. The first-order valence-corrected chi connectivity index (χ1v) is 9.06. The van der Waals surface area contributed by atoms with Crippen molar-refractivity contribution in [3.05, 3.63) is 56.7 Å². The first-order chi connectivity index (χ1) is 11.5. The van der Waals surface area contributed by atoms with Gasteiger partial charge < -0.3 is 4.74 Å². The van der Waals surface area contributed by atoms with E-state index in [4.69, 9.17) is 4.74 Å². The van der Waals surface area contributed by atoms with Crippen LogP contribution in [0.4, 0.5) is 5.69 Å². The predicted molar refractivity (Wildman–Crippen MR) is 104 cm³/mol. The number of benzene rings is 2. The van der Waals surface area contributed by atoms with Gasteiger partial charge >= 0.3 is 0 Å². The number of hydrogen-bond donors (Lipinski definition) is 1. The Hall–Kier alpha value is -1.60. The Bertz CT molecular complexity index is 731. The molecule has 2 aromatic carbocycles. The topological polar surface area (TPSA) is 49.8 Å². The van der Waals surface area contributed by atoms with E-state index in [2.05, 4.69) is 41.6 Å². The van der Waals surface area contributed by atoms with Crippen molar-refractivity contribution in [2.24, 2.45) is 0 Å². The molecule has 0 unspecified atom stereocenters. The van der Waals surface area contributed by atoms with Crippen LogP contribution in [0.3, 0.4) is 0 Å². The smallest absolute Gasteiger partial charge is 0.250 e. The normalized spacial score (nSPS) is 10.5. The van der Waals surface area contributed by atoms with Crippen LogP contribution >= 0.6 is 22.6 Å². The molecule has 1 amide bonds. The van der Waals surface area contributed by atoms with Gasteiger partial charge in [0.15, 0.2) is 0 Å². The standard InChI is InChI=1S/C19H22INO3/c1-4-14-6-9-18(13(3)10-14)24-12-15-7-8-16(20)11-17(15)21(23)19(22)5-2/h6-11,23H,4-5,12H2,1-3H3. The lowest BCUT2D eigenvalue weighted by Crippen LogP contribution is -2.27. The Morgan fingerprint density at radius 1 is 1.21 bits per heavy atom. The molecule has 128 valence electrons. The SMILES string of the molecule is CCC(=O)N(O)c1cc(I)ccc1COc1ccc(CC)cc1C. The summed E-state index contributed by atoms with van der Waals surface area (Å²) in [6.07, 6.45) is 1.22. The van der Waals surface area contributed by atoms with E-state index < -0.39 is 0 Å². The zero-order valence-corrected chi connectivity index (χ0v) is 16.3. The third kappa shape index (κ3) is 4.48. The molecule has 0 saturated heterocycles. The number of nitrogens with zero attached hydrogens (tertiary/aromatic N) is 1. The Morgan fingerprint density at radius 3 is 2.58 bits per heavy atom. The Morgan fingerprint density at radius 2 is 1.96 bits per heavy atom. The van der Waals surface area contributed by atoms with Crippen molar-refractivity contribution in [1.82, 2.24) is 0 Å². The Labute approximate surface area is 156 Å². The lowest BCUT2D eigenvalue weighted by atomic mass is 10.1. The van der Waals surface area contributed by atoms with E-state index in [1.165, 1.54) is 5.56 Å². The maximum atomic E-state index is 11.8. The fraction of sp³-hybridized carbons (Fsp3) is 0.316. The third-order valence-electron chi connectivity index (χ3n) is 3.84. The zero-order valence-electron chi connectivity index (χ0n) is 14.2. The van der Waals surface area contributed by atoms with Crippen LogP contribution < -0.4 is 9.80 Å². The molecule has 0 heterocycles. The van der Waals surface area contributed by atoms with E-state index in [9.17, 15) is 10.0 Å². The molecule has 0 aliphatic carbocycles. The summed E-state index contributed by atoms with van der Waals surface area (Å²) in [7, 11) is 0. The Balaban J connectivity index is 2.22. The first kappa shape index (κ1) is 18.7. The molecule has 0 atom stereocenters. The van der Waals surface area contributed by atoms with Crippen molar-refractivity contribution >= 4 is 34.2 Å². The number of ether oxygens (including phenoxy) is 1. The molecule has 0 aliphatic heterocycles. The minimum Gasteiger partial charge on any atom is -0.489 e. The summed E-state index contributed by atoms with van der Waals surface area (Å²) in [5.41, 5.74) is 3.58. The second kappa shape index (κ2) is 8.48. The van der Waals surface area contributed by atoms with E-state index in [0.29, 0.717) is 10.8 Å². The van der Waals surface area contributed by atoms with Gasteiger partial charge in [-0.3, -0.25) is 10.0 Å². The average molecular weight is 439 g/mol. The molecule has 5 heteroatoms. The summed E-state index contributed by atoms with van der Waals surface area (Å²) < 4.78 is 6.86. The maximum absolute atomic E-state index is 11.8. The van der Waals surface area contributed by atoms with Crippen LogP contribution in [0.5, 0.6) is 5.75 Å². The van der Waals surface area contributed by atoms with Crippen molar-refractivity contribution in [3.8, 4) is 5.75 Å². The fourth-order valence-corrected chi connectivity index (χ4v) is 2.86. The fourth-order valence-electron chi connectivity index (χ4n) is 2.39. The summed E-state index contributed by atoms with van der Waals surface area (Å²) >= 11 is 2.15. The number of carbonyl (C=O) groups is 1. The molecule has 1 N–H and O–H groups in total. The van der Waals surface area contributed by atoms with Crippen molar-refractivity contribution in [3.63, 3.8) is 0 Å². The van der Waals surface area contributed by atoms with Gasteiger partial charge in [-0.1, -0.05) is 32.0 Å². The number of hydrogen-bond acceptors (Lipinski definition) is 3. The van der Waals surface area contributed by atoms with Crippen LogP contribution in [-0.2, 0) is 17.8 Å². The molecule has 24 heavy (non-hydrogen) atoms. The van der Waals surface area contributed by atoms with Crippen LogP contribution in [-0.4, -0.2) is 11.1 Å². The van der Waals surface area contributed by atoms with Gasteiger partial charge in [0.1, 0.15) is 12.4 Å². The summed E-state index contributed by atoms with van der Waals surface area (Å²) in [5.74, 6) is 0.463. The zero-order chi connectivity index (χ0) is 17.7. The third-order valence-corrected chi connectivity index (χ3v) is 4.52. The summed E-state index contributed by atoms with van der Waals surface area (Å²) in [6, 6.07) is 11.7. The minimum absolute atomic E-state index is 0.236. The highest BCUT2D eigenvalue weighted by Crippen LogP contribution is 2.26. The van der Waals surface area contributed by atoms with Gasteiger partial charge in [-0.2, -0.15) is 5.06 Å². The number of aryl methyl sites for hydroxylation is 2. The molecule has 0 radical (unpaired) electrons. The van der Waals surface area contributed by atoms with Crippen LogP contribution in [0.1, 0.15) is 37.0 Å². The van der Waals surface area contributed by atoms with Crippen LogP contribution in [0.2, 0.25) is 0 Å². The monoisotopic (exact) mass is 439 g/mol. The van der Waals surface area contributed by atoms with Crippen LogP contribution in [0.15, 0.2) is 36.4 Å². The molecule has 2 aromatic rings. The van der Waals surface area contributed by atoms with Crippen LogP contribution in [0, 0.1) is 10.5 Å². The first-order valence-electron chi connectivity index (χ1n) is 7.98. The number of anilines is 1. The number of rotatable bonds is 6. The van der Waals surface area contributed by atoms with E-state index >= 15 is 0 Å². The van der Waals surface area contributed by atoms with E-state index in [0.717, 1.165) is 26.9 Å². The minimum atomic E-state index is -0.346. The highest BCUT2D eigenvalue weighted by atomic mass is 127. The molecule has 0 spiro atoms. The van der Waals surface area contributed by atoms with Gasteiger partial charge in [-0.05, 0) is 65.3 Å². The number of halogens is 1. The van der Waals surface area contributed by atoms with E-state index in [-0.39, 0.29) is 18.9 Å². The lowest BCUT2D eigenvalue weighted by Gasteiger charge is -2.19. The molecule has 0 bridgehead atoms. The van der Waals surface area contributed by atoms with Gasteiger partial charge in [0, 0.05) is 15.6 Å². The van der Waals surface area contributed by atoms with Gasteiger partial charge in [-0.25, -0.2) is 0 Å². The average Bonchev–Trinajstić information content (AvgIpc) is 2.59. The largest absolute Gasteiger partial charge is 0.489 e. The molecular formula is C19H22INO3. The number of hydroxylamine groups is 1. The van der Waals surface area contributed by atoms with E-state index in [1.54, 1.807) is 13.0 Å². The summed E-state index contributed by atoms with van der Waals surface area (Å²) in [4.78, 5) is 11.8. The second-order valence-corrected chi connectivity index (χ2v) is 6.82. The number of amides is 1. The maximum Gasteiger partial charge on any atom is 0.250 e. The van der Waals surface area contributed by atoms with Crippen molar-refractivity contribution in [2.45, 2.75) is 40.2 Å². The summed E-state index contributed by atoms with van der Waals surface area (Å²) in [5, 5.41) is 10.9. The van der Waals surface area contributed by atoms with Gasteiger partial charge in [0.05, 0.1) is 5.69 Å². The summed E-state index contributed by atoms with van der Waals surface area (Å²) in [6.45, 7) is 6.14. The highest BCUT2D eigenvalue weighted by Gasteiger charge is 2.16. The van der Waals surface area contributed by atoms with Crippen molar-refractivity contribution in [1.29, 1.82) is 0 Å². The quantitative estimate of drug-likeness (QED) is 0.397. The van der Waals surface area contributed by atoms with Crippen molar-refractivity contribution < 1.29 is 14.7 Å². The predicted octanol–water partition coefficient (Wildman–Crippen LogP) is 4.87.